The van der Waals surface area contributed by atoms with Gasteiger partial charge in [0.25, 0.3) is 0 Å². The Labute approximate surface area is 151 Å². The molecule has 24 heavy (non-hydrogen) atoms. The van der Waals surface area contributed by atoms with Crippen molar-refractivity contribution in [3.63, 3.8) is 0 Å². The lowest BCUT2D eigenvalue weighted by atomic mass is 10.1. The van der Waals surface area contributed by atoms with Crippen molar-refractivity contribution in [3.8, 4) is 0 Å². The molecule has 2 heterocycles. The molecule has 6 heteroatoms. The van der Waals surface area contributed by atoms with Crippen LogP contribution in [0.5, 0.6) is 0 Å². The number of hydrogen-bond acceptors (Lipinski definition) is 5. The zero-order valence-electron chi connectivity index (χ0n) is 14.0. The molecule has 3 N–H and O–H groups in total. The van der Waals surface area contributed by atoms with E-state index >= 15 is 0 Å². The maximum absolute atomic E-state index is 6.04. The number of halogens is 1. The van der Waals surface area contributed by atoms with Gasteiger partial charge in [0.1, 0.15) is 5.82 Å². The second kappa shape index (κ2) is 8.66. The van der Waals surface area contributed by atoms with Crippen molar-refractivity contribution >= 4 is 39.5 Å². The average Bonchev–Trinajstić information content (AvgIpc) is 3.05. The van der Waals surface area contributed by atoms with Gasteiger partial charge in [-0.1, -0.05) is 36.2 Å². The van der Waals surface area contributed by atoms with E-state index < -0.39 is 0 Å². The lowest BCUT2D eigenvalue weighted by Crippen LogP contribution is -1.97. The van der Waals surface area contributed by atoms with Gasteiger partial charge in [0.15, 0.2) is 5.13 Å². The highest BCUT2D eigenvalue weighted by atomic mass is 35.5. The number of nitrogens with one attached hydrogen (secondary N) is 1. The zero-order chi connectivity index (χ0) is 17.5. The third-order valence-electron chi connectivity index (χ3n) is 3.54. The first-order valence-corrected chi connectivity index (χ1v) is 8.93. The van der Waals surface area contributed by atoms with Crippen molar-refractivity contribution in [3.05, 3.63) is 63.9 Å². The molecule has 0 unspecified atom stereocenters. The fourth-order valence-corrected chi connectivity index (χ4v) is 2.72. The Bertz CT molecular complexity index is 773. The molecule has 2 rings (SSSR count). The topological polar surface area (TPSA) is 63.8 Å². The first-order chi connectivity index (χ1) is 11.5. The number of aromatic nitrogens is 2. The lowest BCUT2D eigenvalue weighted by Gasteiger charge is -2.02. The molecule has 0 aliphatic carbocycles. The Balaban J connectivity index is 2.13. The molecule has 0 radical (unpaired) electrons. The monoisotopic (exact) mass is 360 g/mol. The third kappa shape index (κ3) is 4.94. The molecule has 126 valence electrons. The van der Waals surface area contributed by atoms with Gasteiger partial charge in [0.2, 0.25) is 0 Å². The Hall–Kier alpha value is -2.11. The number of rotatable bonds is 6. The smallest absolute Gasteiger partial charge is 0.188 e. The summed E-state index contributed by atoms with van der Waals surface area (Å²) in [6.07, 6.45) is 8.49. The molecule has 0 saturated heterocycles. The van der Waals surface area contributed by atoms with Crippen LogP contribution in [-0.2, 0) is 0 Å². The van der Waals surface area contributed by atoms with Crippen LogP contribution in [0.15, 0.2) is 53.2 Å². The van der Waals surface area contributed by atoms with Crippen molar-refractivity contribution in [2.75, 3.05) is 5.32 Å². The Morgan fingerprint density at radius 1 is 1.38 bits per heavy atom. The molecule has 0 amide bonds. The fraction of sp³-hybridized carbons (Fsp3) is 0.222. The molecule has 2 aromatic rings. The maximum atomic E-state index is 6.04. The van der Waals surface area contributed by atoms with Crippen LogP contribution >= 0.6 is 22.9 Å². The van der Waals surface area contributed by atoms with E-state index in [-0.39, 0.29) is 0 Å². The molecule has 4 nitrogen and oxygen atoms in total. The van der Waals surface area contributed by atoms with Crippen molar-refractivity contribution in [1.29, 1.82) is 0 Å². The number of anilines is 2. The van der Waals surface area contributed by atoms with E-state index in [2.05, 4.69) is 22.2 Å². The molecule has 0 aliphatic rings. The summed E-state index contributed by atoms with van der Waals surface area (Å²) in [6.45, 7) is 6.12. The third-order valence-corrected chi connectivity index (χ3v) is 4.52. The van der Waals surface area contributed by atoms with Gasteiger partial charge in [0.05, 0.1) is 10.7 Å². The second-order valence-electron chi connectivity index (χ2n) is 5.19. The van der Waals surface area contributed by atoms with Gasteiger partial charge >= 0.3 is 0 Å². The minimum absolute atomic E-state index is 0.606. The van der Waals surface area contributed by atoms with Crippen LogP contribution in [0.4, 0.5) is 10.9 Å². The molecular formula is C18H21ClN4S. The van der Waals surface area contributed by atoms with Gasteiger partial charge in [0, 0.05) is 17.3 Å². The van der Waals surface area contributed by atoms with Gasteiger partial charge < -0.3 is 11.1 Å². The normalized spacial score (nSPS) is 13.2. The molecular weight excluding hydrogens is 340 g/mol. The van der Waals surface area contributed by atoms with Crippen molar-refractivity contribution in [1.82, 2.24) is 9.97 Å². The summed E-state index contributed by atoms with van der Waals surface area (Å²) in [7, 11) is 0. The van der Waals surface area contributed by atoms with E-state index in [0.717, 1.165) is 28.5 Å². The summed E-state index contributed by atoms with van der Waals surface area (Å²) < 4.78 is 0. The Morgan fingerprint density at radius 3 is 2.79 bits per heavy atom. The van der Waals surface area contributed by atoms with Crippen LogP contribution in [0, 0.1) is 0 Å². The van der Waals surface area contributed by atoms with Crippen LogP contribution in [0.2, 0.25) is 5.02 Å². The minimum atomic E-state index is 0.606. The van der Waals surface area contributed by atoms with Crippen LogP contribution in [-0.4, -0.2) is 9.97 Å². The highest BCUT2D eigenvalue weighted by molar-refractivity contribution is 7.13. The average molecular weight is 361 g/mol. The van der Waals surface area contributed by atoms with Crippen LogP contribution < -0.4 is 11.1 Å². The highest BCUT2D eigenvalue weighted by Crippen LogP contribution is 2.25. The largest absolute Gasteiger partial charge is 0.399 e. The number of thiazole rings is 1. The molecule has 0 spiro atoms. The first-order valence-electron chi connectivity index (χ1n) is 7.67. The summed E-state index contributed by atoms with van der Waals surface area (Å²) in [4.78, 5) is 8.81. The fourth-order valence-electron chi connectivity index (χ4n) is 1.88. The summed E-state index contributed by atoms with van der Waals surface area (Å²) in [5, 5.41) is 6.56. The van der Waals surface area contributed by atoms with E-state index in [9.17, 15) is 0 Å². The van der Waals surface area contributed by atoms with Crippen molar-refractivity contribution < 1.29 is 0 Å². The summed E-state index contributed by atoms with van der Waals surface area (Å²) in [6, 6.07) is 3.61. The van der Waals surface area contributed by atoms with E-state index in [1.165, 1.54) is 16.9 Å². The van der Waals surface area contributed by atoms with Gasteiger partial charge in [-0.25, -0.2) is 9.97 Å². The van der Waals surface area contributed by atoms with E-state index in [1.54, 1.807) is 12.3 Å². The van der Waals surface area contributed by atoms with Gasteiger partial charge in [-0.15, -0.1) is 11.3 Å². The number of nitrogens with two attached hydrogens (primary N) is 1. The molecule has 0 fully saturated rings. The van der Waals surface area contributed by atoms with Crippen LogP contribution in [0.3, 0.4) is 0 Å². The zero-order valence-corrected chi connectivity index (χ0v) is 15.6. The summed E-state index contributed by atoms with van der Waals surface area (Å²) >= 11 is 7.36. The minimum Gasteiger partial charge on any atom is -0.399 e. The predicted molar refractivity (Wildman–Crippen MR) is 105 cm³/mol. The standard InChI is InChI=1S/C18H21ClN4S/c1-4-12(3)15(20)8-6-13(5-2)16-11-24-18(22-16)23-17-9-7-14(19)10-21-17/h5-11H,4,20H2,1-3H3,(H,21,22,23)/b8-6-,13-5+,15-12+. The number of allylic oxidation sites excluding steroid dienone is 5. The molecule has 2 aromatic heterocycles. The van der Waals surface area contributed by atoms with E-state index in [0.29, 0.717) is 10.8 Å². The van der Waals surface area contributed by atoms with Gasteiger partial charge in [-0.2, -0.15) is 0 Å². The van der Waals surface area contributed by atoms with Crippen LogP contribution in [0.1, 0.15) is 32.9 Å². The van der Waals surface area contributed by atoms with Gasteiger partial charge in [-0.05, 0) is 44.1 Å². The SMILES string of the molecule is C\C=C(/C=C\C(N)=C(\C)CC)c1csc(Nc2ccc(Cl)cn2)n1. The van der Waals surface area contributed by atoms with E-state index in [4.69, 9.17) is 17.3 Å². The highest BCUT2D eigenvalue weighted by Gasteiger charge is 2.06. The second-order valence-corrected chi connectivity index (χ2v) is 6.49. The lowest BCUT2D eigenvalue weighted by molar-refractivity contribution is 1.06. The Morgan fingerprint density at radius 2 is 2.17 bits per heavy atom. The molecule has 0 saturated carbocycles. The number of pyridine rings is 1. The van der Waals surface area contributed by atoms with Crippen molar-refractivity contribution in [2.45, 2.75) is 27.2 Å². The molecule has 0 atom stereocenters. The maximum Gasteiger partial charge on any atom is 0.188 e. The Kier molecular flexibility index (Phi) is 6.58. The molecule has 0 bridgehead atoms. The van der Waals surface area contributed by atoms with Crippen molar-refractivity contribution in [2.24, 2.45) is 5.73 Å². The number of hydrogen-bond donors (Lipinski definition) is 2. The summed E-state index contributed by atoms with van der Waals surface area (Å²) in [5.41, 5.74) is 9.95. The summed E-state index contributed by atoms with van der Waals surface area (Å²) in [5.74, 6) is 0.712. The van der Waals surface area contributed by atoms with E-state index in [1.807, 2.05) is 43.5 Å². The first kappa shape index (κ1) is 18.2. The molecule has 0 aromatic carbocycles. The number of nitrogens with zero attached hydrogens (tertiary/aromatic N) is 2. The quantitative estimate of drug-likeness (QED) is 0.664. The predicted octanol–water partition coefficient (Wildman–Crippen LogP) is 5.54. The van der Waals surface area contributed by atoms with Crippen LogP contribution in [0.25, 0.3) is 5.57 Å². The van der Waals surface area contributed by atoms with Gasteiger partial charge in [-0.3, -0.25) is 0 Å². The molecule has 0 aliphatic heterocycles.